The van der Waals surface area contributed by atoms with E-state index in [0.29, 0.717) is 16.9 Å². The largest absolute Gasteiger partial charge is 0.495 e. The van der Waals surface area contributed by atoms with E-state index in [1.165, 1.54) is 7.11 Å². The highest BCUT2D eigenvalue weighted by atomic mass is 79.9. The van der Waals surface area contributed by atoms with Gasteiger partial charge in [0.2, 0.25) is 0 Å². The highest BCUT2D eigenvalue weighted by molar-refractivity contribution is 9.09. The smallest absolute Gasteiger partial charge is 0.173 e. The zero-order valence-electron chi connectivity index (χ0n) is 8.50. The van der Waals surface area contributed by atoms with Gasteiger partial charge in [0.05, 0.1) is 18.0 Å². The van der Waals surface area contributed by atoms with Crippen LogP contribution in [0, 0.1) is 18.3 Å². The first-order valence-corrected chi connectivity index (χ1v) is 5.44. The van der Waals surface area contributed by atoms with Crippen molar-refractivity contribution in [1.29, 1.82) is 5.26 Å². The van der Waals surface area contributed by atoms with Crippen LogP contribution >= 0.6 is 15.9 Å². The molecule has 0 amide bonds. The number of aryl methyl sites for hydroxylation is 1. The Morgan fingerprint density at radius 2 is 2.27 bits per heavy atom. The fourth-order valence-corrected chi connectivity index (χ4v) is 1.69. The van der Waals surface area contributed by atoms with Gasteiger partial charge in [-0.25, -0.2) is 0 Å². The second-order valence-electron chi connectivity index (χ2n) is 3.04. The molecule has 78 valence electrons. The number of benzene rings is 1. The molecule has 3 nitrogen and oxygen atoms in total. The van der Waals surface area contributed by atoms with Crippen LogP contribution in [0.1, 0.15) is 21.5 Å². The number of ketones is 1. The fourth-order valence-electron chi connectivity index (χ4n) is 1.37. The number of alkyl halides is 1. The van der Waals surface area contributed by atoms with E-state index in [9.17, 15) is 4.79 Å². The molecule has 0 unspecified atom stereocenters. The summed E-state index contributed by atoms with van der Waals surface area (Å²) in [6.45, 7) is 1.81. The zero-order chi connectivity index (χ0) is 11.4. The number of nitriles is 1. The maximum Gasteiger partial charge on any atom is 0.173 e. The Labute approximate surface area is 96.8 Å². The molecule has 0 aromatic heterocycles. The van der Waals surface area contributed by atoms with Gasteiger partial charge in [0.15, 0.2) is 5.78 Å². The van der Waals surface area contributed by atoms with Crippen molar-refractivity contribution in [2.75, 3.05) is 12.4 Å². The average molecular weight is 268 g/mol. The topological polar surface area (TPSA) is 50.1 Å². The summed E-state index contributed by atoms with van der Waals surface area (Å²) in [6.07, 6.45) is 0. The van der Waals surface area contributed by atoms with Gasteiger partial charge in [-0.15, -0.1) is 0 Å². The Balaban J connectivity index is 3.33. The molecule has 0 aliphatic rings. The Kier molecular flexibility index (Phi) is 3.87. The molecule has 1 rings (SSSR count). The predicted octanol–water partition coefficient (Wildman–Crippen LogP) is 2.45. The Morgan fingerprint density at radius 1 is 1.60 bits per heavy atom. The molecule has 0 fully saturated rings. The minimum atomic E-state index is -0.0442. The van der Waals surface area contributed by atoms with Crippen molar-refractivity contribution >= 4 is 21.7 Å². The molecule has 0 saturated heterocycles. The van der Waals surface area contributed by atoms with Crippen LogP contribution < -0.4 is 4.74 Å². The van der Waals surface area contributed by atoms with Crippen LogP contribution in [0.4, 0.5) is 0 Å². The number of ether oxygens (including phenoxy) is 1. The van der Waals surface area contributed by atoms with Gasteiger partial charge < -0.3 is 4.74 Å². The number of Topliss-reactive ketones (excluding diaryl/α,β-unsaturated/α-hetero) is 1. The van der Waals surface area contributed by atoms with Crippen molar-refractivity contribution in [1.82, 2.24) is 0 Å². The molecule has 0 radical (unpaired) electrons. The maximum atomic E-state index is 11.4. The Hall–Kier alpha value is -1.34. The van der Waals surface area contributed by atoms with Gasteiger partial charge in [-0.05, 0) is 24.6 Å². The summed E-state index contributed by atoms with van der Waals surface area (Å²) < 4.78 is 5.09. The number of rotatable bonds is 3. The fraction of sp³-hybridized carbons (Fsp3) is 0.273. The van der Waals surface area contributed by atoms with Gasteiger partial charge in [-0.3, -0.25) is 4.79 Å². The number of hydrogen-bond acceptors (Lipinski definition) is 3. The Morgan fingerprint density at radius 3 is 2.73 bits per heavy atom. The van der Waals surface area contributed by atoms with Gasteiger partial charge in [0, 0.05) is 5.56 Å². The summed E-state index contributed by atoms with van der Waals surface area (Å²) in [6, 6.07) is 5.29. The van der Waals surface area contributed by atoms with Crippen molar-refractivity contribution in [2.24, 2.45) is 0 Å². The Bertz CT molecular complexity index is 435. The highest BCUT2D eigenvalue weighted by Crippen LogP contribution is 2.24. The molecule has 0 aliphatic heterocycles. The van der Waals surface area contributed by atoms with Crippen LogP contribution in [0.2, 0.25) is 0 Å². The van der Waals surface area contributed by atoms with Gasteiger partial charge in [0.1, 0.15) is 11.8 Å². The summed E-state index contributed by atoms with van der Waals surface area (Å²) in [4.78, 5) is 11.4. The molecule has 1 aromatic rings. The standard InChI is InChI=1S/C11H10BrNO2/c1-7-3-8(10(14)5-12)4-9(6-13)11(7)15-2/h3-4H,5H2,1-2H3. The predicted molar refractivity (Wildman–Crippen MR) is 60.6 cm³/mol. The van der Waals surface area contributed by atoms with Crippen LogP contribution in [-0.2, 0) is 0 Å². The molecule has 0 atom stereocenters. The van der Waals surface area contributed by atoms with Gasteiger partial charge >= 0.3 is 0 Å². The highest BCUT2D eigenvalue weighted by Gasteiger charge is 2.12. The molecular formula is C11H10BrNO2. The van der Waals surface area contributed by atoms with Crippen molar-refractivity contribution < 1.29 is 9.53 Å². The monoisotopic (exact) mass is 267 g/mol. The molecule has 0 spiro atoms. The van der Waals surface area contributed by atoms with Crippen molar-refractivity contribution in [2.45, 2.75) is 6.92 Å². The van der Waals surface area contributed by atoms with E-state index in [0.717, 1.165) is 5.56 Å². The molecule has 0 saturated carbocycles. The number of nitrogens with zero attached hydrogens (tertiary/aromatic N) is 1. The van der Waals surface area contributed by atoms with E-state index in [1.54, 1.807) is 12.1 Å². The average Bonchev–Trinajstić information content (AvgIpc) is 2.26. The van der Waals surface area contributed by atoms with Crippen LogP contribution in [0.3, 0.4) is 0 Å². The third-order valence-corrected chi connectivity index (χ3v) is 2.55. The zero-order valence-corrected chi connectivity index (χ0v) is 10.1. The lowest BCUT2D eigenvalue weighted by Gasteiger charge is -2.08. The minimum absolute atomic E-state index is 0.0442. The summed E-state index contributed by atoms with van der Waals surface area (Å²) in [5.74, 6) is 0.487. The number of carbonyl (C=O) groups is 1. The molecule has 15 heavy (non-hydrogen) atoms. The van der Waals surface area contributed by atoms with E-state index in [4.69, 9.17) is 10.00 Å². The summed E-state index contributed by atoms with van der Waals surface area (Å²) in [5.41, 5.74) is 1.71. The summed E-state index contributed by atoms with van der Waals surface area (Å²) in [7, 11) is 1.51. The maximum absolute atomic E-state index is 11.4. The second kappa shape index (κ2) is 4.94. The van der Waals surface area contributed by atoms with Crippen LogP contribution in [0.5, 0.6) is 5.75 Å². The molecular weight excluding hydrogens is 258 g/mol. The number of hydrogen-bond donors (Lipinski definition) is 0. The minimum Gasteiger partial charge on any atom is -0.495 e. The van der Waals surface area contributed by atoms with Gasteiger partial charge in [-0.2, -0.15) is 5.26 Å². The van der Waals surface area contributed by atoms with Crippen molar-refractivity contribution in [3.63, 3.8) is 0 Å². The van der Waals surface area contributed by atoms with E-state index in [1.807, 2.05) is 13.0 Å². The normalized spacial score (nSPS) is 9.47. The first-order chi connectivity index (χ1) is 7.13. The third-order valence-electron chi connectivity index (χ3n) is 2.04. The number of methoxy groups -OCH3 is 1. The van der Waals surface area contributed by atoms with Gasteiger partial charge in [-0.1, -0.05) is 15.9 Å². The first kappa shape index (κ1) is 11.7. The SMILES string of the molecule is COc1c(C)cc(C(=O)CBr)cc1C#N. The molecule has 0 aliphatic carbocycles. The molecule has 0 N–H and O–H groups in total. The van der Waals surface area contributed by atoms with E-state index in [-0.39, 0.29) is 11.1 Å². The molecule has 4 heteroatoms. The summed E-state index contributed by atoms with van der Waals surface area (Å²) in [5, 5.41) is 9.15. The van der Waals surface area contributed by atoms with Crippen LogP contribution in [0.25, 0.3) is 0 Å². The van der Waals surface area contributed by atoms with E-state index < -0.39 is 0 Å². The van der Waals surface area contributed by atoms with Gasteiger partial charge in [0.25, 0.3) is 0 Å². The molecule has 0 heterocycles. The van der Waals surface area contributed by atoms with E-state index >= 15 is 0 Å². The molecule has 1 aromatic carbocycles. The van der Waals surface area contributed by atoms with Crippen LogP contribution in [0.15, 0.2) is 12.1 Å². The van der Waals surface area contributed by atoms with E-state index in [2.05, 4.69) is 15.9 Å². The number of carbonyl (C=O) groups excluding carboxylic acids is 1. The van der Waals surface area contributed by atoms with Crippen molar-refractivity contribution in [3.05, 3.63) is 28.8 Å². The quantitative estimate of drug-likeness (QED) is 0.625. The van der Waals surface area contributed by atoms with Crippen molar-refractivity contribution in [3.8, 4) is 11.8 Å². The second-order valence-corrected chi connectivity index (χ2v) is 3.60. The first-order valence-electron chi connectivity index (χ1n) is 4.32. The summed E-state index contributed by atoms with van der Waals surface area (Å²) >= 11 is 3.09. The lowest BCUT2D eigenvalue weighted by atomic mass is 10.0. The lowest BCUT2D eigenvalue weighted by molar-refractivity contribution is 0.102. The van der Waals surface area contributed by atoms with Crippen LogP contribution in [-0.4, -0.2) is 18.2 Å². The lowest BCUT2D eigenvalue weighted by Crippen LogP contribution is -2.02. The number of halogens is 1. The third kappa shape index (κ3) is 2.37. The molecule has 0 bridgehead atoms.